The number of aliphatic hydroxyl groups is 1. The van der Waals surface area contributed by atoms with Gasteiger partial charge in [0.2, 0.25) is 0 Å². The summed E-state index contributed by atoms with van der Waals surface area (Å²) in [6.07, 6.45) is 5.64. The minimum absolute atomic E-state index is 0. The summed E-state index contributed by atoms with van der Waals surface area (Å²) in [5, 5.41) is 8.61. The van der Waals surface area contributed by atoms with Crippen molar-refractivity contribution in [3.63, 3.8) is 0 Å². The number of rotatable bonds is 3. The van der Waals surface area contributed by atoms with E-state index in [9.17, 15) is 0 Å². The van der Waals surface area contributed by atoms with Crippen molar-refractivity contribution in [1.82, 2.24) is 0 Å². The Kier molecular flexibility index (Phi) is 5.58. The molecule has 0 fully saturated rings. The number of aliphatic hydroxyl groups excluding tert-OH is 1. The van der Waals surface area contributed by atoms with Crippen molar-refractivity contribution in [1.29, 1.82) is 0 Å². The normalized spacial score (nSPS) is 8.75. The van der Waals surface area contributed by atoms with Gasteiger partial charge in [0.15, 0.2) is 18.9 Å². The summed E-state index contributed by atoms with van der Waals surface area (Å²) >= 11 is 0. The lowest BCUT2D eigenvalue weighted by atomic mass is 10.3. The number of hydrogen-bond acceptors (Lipinski definition) is 1. The van der Waals surface area contributed by atoms with Gasteiger partial charge < -0.3 is 22.1 Å². The van der Waals surface area contributed by atoms with Crippen molar-refractivity contribution in [2.75, 3.05) is 6.61 Å². The lowest BCUT2D eigenvalue weighted by Crippen LogP contribution is -3.00. The summed E-state index contributed by atoms with van der Waals surface area (Å²) in [5.41, 5.74) is 1.10. The molecule has 0 atom stereocenters. The van der Waals surface area contributed by atoms with Crippen LogP contribution in [0.3, 0.4) is 0 Å². The zero-order valence-electron chi connectivity index (χ0n) is 6.78. The van der Waals surface area contributed by atoms with E-state index in [0.29, 0.717) is 6.54 Å². The predicted molar refractivity (Wildman–Crippen MR) is 43.8 cm³/mol. The monoisotopic (exact) mass is 229 g/mol. The van der Waals surface area contributed by atoms with E-state index in [1.807, 2.05) is 29.1 Å². The van der Waals surface area contributed by atoms with Crippen LogP contribution in [0.1, 0.15) is 5.56 Å². The molecule has 0 saturated carbocycles. The molecule has 1 heterocycles. The SMILES string of the molecule is C=Cc1cc[n+](CCO)cc1.[Br-]. The molecule has 1 rings (SSSR count). The van der Waals surface area contributed by atoms with E-state index in [2.05, 4.69) is 6.58 Å². The van der Waals surface area contributed by atoms with Crippen LogP contribution in [0.2, 0.25) is 0 Å². The van der Waals surface area contributed by atoms with Gasteiger partial charge in [-0.15, -0.1) is 0 Å². The van der Waals surface area contributed by atoms with Crippen molar-refractivity contribution < 1.29 is 26.7 Å². The minimum Gasteiger partial charge on any atom is -1.00 e. The van der Waals surface area contributed by atoms with Crippen LogP contribution in [-0.4, -0.2) is 11.7 Å². The Balaban J connectivity index is 0.00000121. The first-order valence-corrected chi connectivity index (χ1v) is 3.59. The van der Waals surface area contributed by atoms with Crippen LogP contribution in [0.5, 0.6) is 0 Å². The van der Waals surface area contributed by atoms with Crippen LogP contribution in [-0.2, 0) is 6.54 Å². The van der Waals surface area contributed by atoms with Crippen molar-refractivity contribution in [3.8, 4) is 0 Å². The molecule has 0 bridgehead atoms. The average Bonchev–Trinajstić information content (AvgIpc) is 2.07. The molecule has 0 aliphatic carbocycles. The summed E-state index contributed by atoms with van der Waals surface area (Å²) in [5.74, 6) is 0. The number of hydrogen-bond donors (Lipinski definition) is 1. The number of halogens is 1. The van der Waals surface area contributed by atoms with Crippen LogP contribution >= 0.6 is 0 Å². The summed E-state index contributed by atoms with van der Waals surface area (Å²) in [6, 6.07) is 3.92. The third kappa shape index (κ3) is 3.15. The summed E-state index contributed by atoms with van der Waals surface area (Å²) < 4.78 is 1.92. The fraction of sp³-hybridized carbons (Fsp3) is 0.222. The van der Waals surface area contributed by atoms with Gasteiger partial charge in [0.25, 0.3) is 0 Å². The van der Waals surface area contributed by atoms with Crippen LogP contribution in [0, 0.1) is 0 Å². The zero-order valence-corrected chi connectivity index (χ0v) is 8.37. The molecular weight excluding hydrogens is 218 g/mol. The smallest absolute Gasteiger partial charge is 0.171 e. The number of nitrogens with zero attached hydrogens (tertiary/aromatic N) is 1. The first-order valence-electron chi connectivity index (χ1n) is 3.59. The van der Waals surface area contributed by atoms with E-state index in [0.717, 1.165) is 5.56 Å². The number of aromatic nitrogens is 1. The summed E-state index contributed by atoms with van der Waals surface area (Å²) in [7, 11) is 0. The predicted octanol–water partition coefficient (Wildman–Crippen LogP) is -2.39. The van der Waals surface area contributed by atoms with Crippen molar-refractivity contribution in [3.05, 3.63) is 36.7 Å². The highest BCUT2D eigenvalue weighted by molar-refractivity contribution is 5.44. The van der Waals surface area contributed by atoms with Gasteiger partial charge in [0.1, 0.15) is 6.61 Å². The van der Waals surface area contributed by atoms with E-state index in [4.69, 9.17) is 5.11 Å². The van der Waals surface area contributed by atoms with Crippen LogP contribution in [0.15, 0.2) is 31.1 Å². The minimum atomic E-state index is 0. The van der Waals surface area contributed by atoms with Crippen molar-refractivity contribution in [2.24, 2.45) is 0 Å². The third-order valence-electron chi connectivity index (χ3n) is 1.51. The molecule has 0 radical (unpaired) electrons. The van der Waals surface area contributed by atoms with Gasteiger partial charge in [-0.25, -0.2) is 4.57 Å². The van der Waals surface area contributed by atoms with Crippen molar-refractivity contribution >= 4 is 6.08 Å². The maximum atomic E-state index is 8.61. The quantitative estimate of drug-likeness (QED) is 0.576. The van der Waals surface area contributed by atoms with E-state index in [-0.39, 0.29) is 23.6 Å². The Morgan fingerprint density at radius 1 is 1.42 bits per heavy atom. The zero-order chi connectivity index (χ0) is 8.10. The summed E-state index contributed by atoms with van der Waals surface area (Å²) in [4.78, 5) is 0. The Hall–Kier alpha value is -0.670. The molecule has 1 N–H and O–H groups in total. The first-order chi connectivity index (χ1) is 5.36. The fourth-order valence-corrected chi connectivity index (χ4v) is 0.869. The molecule has 0 aromatic carbocycles. The van der Waals surface area contributed by atoms with Crippen LogP contribution in [0.25, 0.3) is 6.08 Å². The molecule has 2 nitrogen and oxygen atoms in total. The lowest BCUT2D eigenvalue weighted by molar-refractivity contribution is -0.698. The molecule has 0 saturated heterocycles. The van der Waals surface area contributed by atoms with Gasteiger partial charge in [-0.1, -0.05) is 12.7 Å². The Morgan fingerprint density at radius 3 is 2.42 bits per heavy atom. The Bertz CT molecular complexity index is 233. The first kappa shape index (κ1) is 11.3. The van der Waals surface area contributed by atoms with Gasteiger partial charge in [0, 0.05) is 12.1 Å². The van der Waals surface area contributed by atoms with Gasteiger partial charge in [-0.2, -0.15) is 0 Å². The van der Waals surface area contributed by atoms with Gasteiger partial charge in [-0.3, -0.25) is 0 Å². The van der Waals surface area contributed by atoms with E-state index in [1.54, 1.807) is 6.08 Å². The second-order valence-electron chi connectivity index (χ2n) is 2.30. The molecule has 0 unspecified atom stereocenters. The highest BCUT2D eigenvalue weighted by atomic mass is 79.9. The molecule has 1 aromatic heterocycles. The molecule has 66 valence electrons. The van der Waals surface area contributed by atoms with Crippen LogP contribution in [0.4, 0.5) is 0 Å². The maximum absolute atomic E-state index is 8.61. The Morgan fingerprint density at radius 2 is 2.00 bits per heavy atom. The maximum Gasteiger partial charge on any atom is 0.171 e. The second kappa shape index (κ2) is 5.91. The molecule has 0 amide bonds. The molecular formula is C9H12BrNO. The molecule has 0 aliphatic rings. The second-order valence-corrected chi connectivity index (χ2v) is 2.30. The molecule has 12 heavy (non-hydrogen) atoms. The van der Waals surface area contributed by atoms with E-state index < -0.39 is 0 Å². The molecule has 0 spiro atoms. The van der Waals surface area contributed by atoms with E-state index in [1.165, 1.54) is 0 Å². The molecule has 0 aliphatic heterocycles. The third-order valence-corrected chi connectivity index (χ3v) is 1.51. The highest BCUT2D eigenvalue weighted by Crippen LogP contribution is 1.94. The fourth-order valence-electron chi connectivity index (χ4n) is 0.869. The van der Waals surface area contributed by atoms with Crippen LogP contribution < -0.4 is 21.5 Å². The van der Waals surface area contributed by atoms with Gasteiger partial charge in [0.05, 0.1) is 0 Å². The van der Waals surface area contributed by atoms with Crippen molar-refractivity contribution in [2.45, 2.75) is 6.54 Å². The topological polar surface area (TPSA) is 24.1 Å². The molecule has 1 aromatic rings. The number of pyridine rings is 1. The highest BCUT2D eigenvalue weighted by Gasteiger charge is 1.95. The largest absolute Gasteiger partial charge is 1.00 e. The average molecular weight is 230 g/mol. The standard InChI is InChI=1S/C9H12NO.BrH/c1-2-9-3-5-10(6-4-9)7-8-11;/h2-6,11H,1,7-8H2;1H/q+1;/p-1. The van der Waals surface area contributed by atoms with Gasteiger partial charge >= 0.3 is 0 Å². The van der Waals surface area contributed by atoms with Gasteiger partial charge in [-0.05, 0) is 5.56 Å². The van der Waals surface area contributed by atoms with E-state index >= 15 is 0 Å². The lowest BCUT2D eigenvalue weighted by Gasteiger charge is -1.92. The Labute approximate surface area is 82.9 Å². The molecule has 3 heteroatoms. The summed E-state index contributed by atoms with van der Waals surface area (Å²) in [6.45, 7) is 4.48.